The minimum Gasteiger partial charge on any atom is -0.359 e. The Morgan fingerprint density at radius 1 is 1.39 bits per heavy atom. The van der Waals surface area contributed by atoms with E-state index in [-0.39, 0.29) is 0 Å². The number of nitrogens with zero attached hydrogens (tertiary/aromatic N) is 2. The molecule has 0 aromatic heterocycles. The van der Waals surface area contributed by atoms with Crippen LogP contribution in [0.15, 0.2) is 4.99 Å². The number of aliphatic imine (C=N–C) groups is 1. The van der Waals surface area contributed by atoms with E-state index in [0.29, 0.717) is 5.54 Å². The molecular weight excluding hydrogens is 242 g/mol. The Balaban J connectivity index is 1.81. The molecule has 1 atom stereocenters. The third kappa shape index (κ3) is 3.21. The second-order valence-electron chi connectivity index (χ2n) is 5.59. The van der Waals surface area contributed by atoms with Gasteiger partial charge in [-0.25, -0.2) is 0 Å². The highest BCUT2D eigenvalue weighted by molar-refractivity contribution is 8.14. The van der Waals surface area contributed by atoms with Gasteiger partial charge >= 0.3 is 0 Å². The fourth-order valence-electron chi connectivity index (χ4n) is 2.78. The van der Waals surface area contributed by atoms with Crippen LogP contribution in [0.3, 0.4) is 0 Å². The summed E-state index contributed by atoms with van der Waals surface area (Å²) in [7, 11) is 0. The quantitative estimate of drug-likeness (QED) is 0.831. The summed E-state index contributed by atoms with van der Waals surface area (Å²) in [5.74, 6) is 1.96. The molecule has 0 aromatic rings. The standard InChI is InChI=1S/C14H27N3S/c1-4-14(5-2)11-18-13(16-14)15-9-12-7-8-17(6-3)10-12/h12H,4-11H2,1-3H3,(H,15,16). The minimum atomic E-state index is 0.314. The second-order valence-corrected chi connectivity index (χ2v) is 6.56. The van der Waals surface area contributed by atoms with Gasteiger partial charge in [-0.1, -0.05) is 32.5 Å². The summed E-state index contributed by atoms with van der Waals surface area (Å²) in [4.78, 5) is 7.34. The van der Waals surface area contributed by atoms with Crippen LogP contribution in [0.1, 0.15) is 40.0 Å². The molecular formula is C14H27N3S. The van der Waals surface area contributed by atoms with Crippen LogP contribution in [0.2, 0.25) is 0 Å². The van der Waals surface area contributed by atoms with E-state index in [2.05, 4.69) is 31.0 Å². The first kappa shape index (κ1) is 14.2. The third-order valence-corrected chi connectivity index (χ3v) is 5.72. The summed E-state index contributed by atoms with van der Waals surface area (Å²) in [5.41, 5.74) is 0.314. The maximum absolute atomic E-state index is 4.81. The Bertz CT molecular complexity index is 299. The van der Waals surface area contributed by atoms with E-state index >= 15 is 0 Å². The van der Waals surface area contributed by atoms with Gasteiger partial charge in [-0.05, 0) is 38.3 Å². The van der Waals surface area contributed by atoms with Crippen molar-refractivity contribution in [1.29, 1.82) is 0 Å². The Morgan fingerprint density at radius 2 is 2.17 bits per heavy atom. The molecule has 18 heavy (non-hydrogen) atoms. The molecule has 2 saturated heterocycles. The highest BCUT2D eigenvalue weighted by atomic mass is 32.2. The highest BCUT2D eigenvalue weighted by Crippen LogP contribution is 2.29. The van der Waals surface area contributed by atoms with Crippen LogP contribution < -0.4 is 5.32 Å². The van der Waals surface area contributed by atoms with Crippen molar-refractivity contribution in [3.05, 3.63) is 0 Å². The van der Waals surface area contributed by atoms with Crippen LogP contribution in [-0.2, 0) is 0 Å². The molecule has 0 aromatic carbocycles. The van der Waals surface area contributed by atoms with Crippen LogP contribution in [0.4, 0.5) is 0 Å². The summed E-state index contributed by atoms with van der Waals surface area (Å²) in [5, 5.41) is 4.84. The van der Waals surface area contributed by atoms with E-state index in [1.54, 1.807) is 0 Å². The smallest absolute Gasteiger partial charge is 0.157 e. The van der Waals surface area contributed by atoms with E-state index < -0.39 is 0 Å². The molecule has 104 valence electrons. The largest absolute Gasteiger partial charge is 0.359 e. The fourth-order valence-corrected chi connectivity index (χ4v) is 4.13. The van der Waals surface area contributed by atoms with E-state index in [1.165, 1.54) is 49.8 Å². The summed E-state index contributed by atoms with van der Waals surface area (Å²) in [6.45, 7) is 11.5. The molecule has 1 unspecified atom stereocenters. The fraction of sp³-hybridized carbons (Fsp3) is 0.929. The zero-order valence-electron chi connectivity index (χ0n) is 12.0. The van der Waals surface area contributed by atoms with Crippen LogP contribution in [0.5, 0.6) is 0 Å². The van der Waals surface area contributed by atoms with Gasteiger partial charge < -0.3 is 10.2 Å². The van der Waals surface area contributed by atoms with E-state index in [4.69, 9.17) is 4.99 Å². The molecule has 2 heterocycles. The van der Waals surface area contributed by atoms with Crippen LogP contribution >= 0.6 is 11.8 Å². The molecule has 2 rings (SSSR count). The number of amidine groups is 1. The molecule has 0 radical (unpaired) electrons. The number of nitrogens with one attached hydrogen (secondary N) is 1. The molecule has 2 aliphatic rings. The van der Waals surface area contributed by atoms with Crippen LogP contribution in [0, 0.1) is 5.92 Å². The lowest BCUT2D eigenvalue weighted by molar-refractivity contribution is 0.343. The van der Waals surface area contributed by atoms with Gasteiger partial charge in [0.05, 0.1) is 0 Å². The lowest BCUT2D eigenvalue weighted by Gasteiger charge is -2.25. The summed E-state index contributed by atoms with van der Waals surface area (Å²) < 4.78 is 0. The molecule has 0 aliphatic carbocycles. The Hall–Kier alpha value is -0.220. The van der Waals surface area contributed by atoms with Gasteiger partial charge in [0.1, 0.15) is 0 Å². The topological polar surface area (TPSA) is 27.6 Å². The first-order chi connectivity index (χ1) is 8.71. The van der Waals surface area contributed by atoms with Gasteiger partial charge in [0.25, 0.3) is 0 Å². The first-order valence-electron chi connectivity index (χ1n) is 7.39. The van der Waals surface area contributed by atoms with Gasteiger partial charge in [0, 0.05) is 24.4 Å². The summed E-state index contributed by atoms with van der Waals surface area (Å²) in [6.07, 6.45) is 3.72. The second kappa shape index (κ2) is 6.29. The average Bonchev–Trinajstić information content (AvgIpc) is 3.03. The maximum atomic E-state index is 4.81. The first-order valence-corrected chi connectivity index (χ1v) is 8.37. The SMILES string of the molecule is CCN1CCC(CN=C2NC(CC)(CC)CS2)C1. The predicted octanol–water partition coefficient (Wildman–Crippen LogP) is 2.58. The Morgan fingerprint density at radius 3 is 2.72 bits per heavy atom. The van der Waals surface area contributed by atoms with Crippen molar-refractivity contribution in [2.75, 3.05) is 31.9 Å². The third-order valence-electron chi connectivity index (χ3n) is 4.52. The molecule has 0 saturated carbocycles. The van der Waals surface area contributed by atoms with Gasteiger partial charge in [-0.2, -0.15) is 0 Å². The molecule has 0 spiro atoms. The number of likely N-dealkylation sites (tertiary alicyclic amines) is 1. The molecule has 4 heteroatoms. The van der Waals surface area contributed by atoms with Crippen molar-refractivity contribution >= 4 is 16.9 Å². The Kier molecular flexibility index (Phi) is 4.96. The predicted molar refractivity (Wildman–Crippen MR) is 81.4 cm³/mol. The molecule has 2 aliphatic heterocycles. The zero-order valence-corrected chi connectivity index (χ0v) is 12.9. The maximum Gasteiger partial charge on any atom is 0.157 e. The molecule has 2 fully saturated rings. The summed E-state index contributed by atoms with van der Waals surface area (Å²) in [6, 6.07) is 0. The molecule has 0 bridgehead atoms. The monoisotopic (exact) mass is 269 g/mol. The van der Waals surface area contributed by atoms with Crippen molar-refractivity contribution in [2.45, 2.75) is 45.6 Å². The van der Waals surface area contributed by atoms with Crippen molar-refractivity contribution in [1.82, 2.24) is 10.2 Å². The van der Waals surface area contributed by atoms with E-state index in [0.717, 1.165) is 12.5 Å². The molecule has 0 amide bonds. The van der Waals surface area contributed by atoms with Crippen molar-refractivity contribution < 1.29 is 0 Å². The van der Waals surface area contributed by atoms with E-state index in [1.807, 2.05) is 11.8 Å². The van der Waals surface area contributed by atoms with Crippen molar-refractivity contribution in [2.24, 2.45) is 10.9 Å². The Labute approximate surface area is 116 Å². The average molecular weight is 269 g/mol. The van der Waals surface area contributed by atoms with Crippen LogP contribution in [0.25, 0.3) is 0 Å². The molecule has 1 N–H and O–H groups in total. The van der Waals surface area contributed by atoms with Gasteiger partial charge in [-0.15, -0.1) is 0 Å². The molecule has 3 nitrogen and oxygen atoms in total. The number of thioether (sulfide) groups is 1. The number of rotatable bonds is 5. The van der Waals surface area contributed by atoms with E-state index in [9.17, 15) is 0 Å². The van der Waals surface area contributed by atoms with Crippen molar-refractivity contribution in [3.63, 3.8) is 0 Å². The lowest BCUT2D eigenvalue weighted by Crippen LogP contribution is -2.42. The number of hydrogen-bond acceptors (Lipinski definition) is 3. The normalized spacial score (nSPS) is 29.9. The minimum absolute atomic E-state index is 0.314. The highest BCUT2D eigenvalue weighted by Gasteiger charge is 2.33. The van der Waals surface area contributed by atoms with Gasteiger partial charge in [-0.3, -0.25) is 4.99 Å². The summed E-state index contributed by atoms with van der Waals surface area (Å²) >= 11 is 1.91. The van der Waals surface area contributed by atoms with Gasteiger partial charge in [0.15, 0.2) is 5.17 Å². The van der Waals surface area contributed by atoms with Gasteiger partial charge in [0.2, 0.25) is 0 Å². The number of hydrogen-bond donors (Lipinski definition) is 1. The van der Waals surface area contributed by atoms with Crippen LogP contribution in [-0.4, -0.2) is 47.5 Å². The van der Waals surface area contributed by atoms with Crippen molar-refractivity contribution in [3.8, 4) is 0 Å². The lowest BCUT2D eigenvalue weighted by atomic mass is 9.96. The zero-order chi connectivity index (χ0) is 13.0.